The maximum absolute atomic E-state index is 11.8. The van der Waals surface area contributed by atoms with E-state index in [4.69, 9.17) is 0 Å². The molecule has 0 saturated carbocycles. The van der Waals surface area contributed by atoms with Crippen molar-refractivity contribution in [1.82, 2.24) is 15.1 Å². The monoisotopic (exact) mass is 305 g/mol. The fraction of sp³-hybridized carbons (Fsp3) is 0.167. The number of nitrogens with one attached hydrogen (secondary N) is 1. The molecule has 0 fully saturated rings. The molecule has 0 amide bonds. The van der Waals surface area contributed by atoms with E-state index in [9.17, 15) is 19.7 Å². The van der Waals surface area contributed by atoms with Gasteiger partial charge in [0.2, 0.25) is 5.69 Å². The van der Waals surface area contributed by atoms with Crippen molar-refractivity contribution in [2.24, 2.45) is 5.10 Å². The van der Waals surface area contributed by atoms with Crippen LogP contribution >= 0.6 is 0 Å². The van der Waals surface area contributed by atoms with Gasteiger partial charge >= 0.3 is 11.5 Å². The molecule has 0 aliphatic rings. The molecule has 1 aromatic carbocycles. The number of non-ortho nitro benzene ring substituents is 1. The molecule has 0 aliphatic carbocycles. The number of hydrogen-bond acceptors (Lipinski definition) is 7. The number of hydrogen-bond donors (Lipinski definition) is 1. The summed E-state index contributed by atoms with van der Waals surface area (Å²) in [6, 6.07) is 5.68. The van der Waals surface area contributed by atoms with Crippen molar-refractivity contribution in [3.8, 4) is 0 Å². The van der Waals surface area contributed by atoms with Gasteiger partial charge in [0.15, 0.2) is 0 Å². The molecule has 2 aromatic rings. The Labute approximate surface area is 123 Å². The first-order valence-electron chi connectivity index (χ1n) is 6.16. The van der Waals surface area contributed by atoms with E-state index in [0.717, 1.165) is 4.79 Å². The summed E-state index contributed by atoms with van der Waals surface area (Å²) in [4.78, 5) is 34.1. The first-order valence-corrected chi connectivity index (χ1v) is 6.16. The summed E-state index contributed by atoms with van der Waals surface area (Å²) in [7, 11) is 0. The van der Waals surface area contributed by atoms with Crippen molar-refractivity contribution < 1.29 is 14.5 Å². The van der Waals surface area contributed by atoms with E-state index in [-0.39, 0.29) is 12.3 Å². The molecule has 0 aliphatic heterocycles. The summed E-state index contributed by atoms with van der Waals surface area (Å²) >= 11 is 0. The number of rotatable bonds is 5. The van der Waals surface area contributed by atoms with Gasteiger partial charge in [-0.25, -0.2) is 4.79 Å². The second-order valence-electron chi connectivity index (χ2n) is 3.99. The van der Waals surface area contributed by atoms with Gasteiger partial charge < -0.3 is 4.74 Å². The Hall–Kier alpha value is -3.30. The Kier molecular flexibility index (Phi) is 4.41. The van der Waals surface area contributed by atoms with E-state index < -0.39 is 22.1 Å². The number of carbonyl (C=O) groups is 1. The molecule has 0 radical (unpaired) electrons. The number of aromatic nitrogens is 3. The summed E-state index contributed by atoms with van der Waals surface area (Å²) in [5.41, 5.74) is -0.889. The third-order valence-corrected chi connectivity index (χ3v) is 2.52. The molecule has 22 heavy (non-hydrogen) atoms. The molecule has 1 heterocycles. The maximum atomic E-state index is 11.8. The molecular formula is C12H11N5O5. The van der Waals surface area contributed by atoms with Crippen LogP contribution in [0.2, 0.25) is 0 Å². The van der Waals surface area contributed by atoms with Crippen LogP contribution in [0.1, 0.15) is 23.0 Å². The molecule has 0 unspecified atom stereocenters. The summed E-state index contributed by atoms with van der Waals surface area (Å²) < 4.78 is 4.67. The van der Waals surface area contributed by atoms with Crippen molar-refractivity contribution in [1.29, 1.82) is 0 Å². The zero-order valence-corrected chi connectivity index (χ0v) is 11.4. The number of nitro benzene ring substituents is 1. The van der Waals surface area contributed by atoms with Crippen LogP contribution in [0, 0.1) is 10.1 Å². The van der Waals surface area contributed by atoms with Crippen LogP contribution in [-0.2, 0) is 4.74 Å². The maximum Gasteiger partial charge on any atom is 0.364 e. The molecule has 1 aromatic heterocycles. The van der Waals surface area contributed by atoms with Gasteiger partial charge in [-0.15, -0.1) is 9.89 Å². The quantitative estimate of drug-likeness (QED) is 0.371. The van der Waals surface area contributed by atoms with Gasteiger partial charge in [-0.1, -0.05) is 12.1 Å². The number of benzene rings is 1. The van der Waals surface area contributed by atoms with Gasteiger partial charge in [0.25, 0.3) is 5.69 Å². The third-order valence-electron chi connectivity index (χ3n) is 2.52. The van der Waals surface area contributed by atoms with Crippen molar-refractivity contribution in [2.45, 2.75) is 6.92 Å². The normalized spacial score (nSPS) is 10.8. The molecular weight excluding hydrogens is 294 g/mol. The van der Waals surface area contributed by atoms with Crippen LogP contribution < -0.4 is 5.56 Å². The van der Waals surface area contributed by atoms with E-state index in [1.807, 2.05) is 0 Å². The lowest BCUT2D eigenvalue weighted by molar-refractivity contribution is -0.384. The van der Waals surface area contributed by atoms with Crippen LogP contribution in [0.4, 0.5) is 5.69 Å². The Morgan fingerprint density at radius 3 is 3.05 bits per heavy atom. The summed E-state index contributed by atoms with van der Waals surface area (Å²) in [6.45, 7) is 1.71. The molecule has 0 bridgehead atoms. The van der Waals surface area contributed by atoms with E-state index >= 15 is 0 Å². The zero-order chi connectivity index (χ0) is 16.1. The predicted molar refractivity (Wildman–Crippen MR) is 74.9 cm³/mol. The summed E-state index contributed by atoms with van der Waals surface area (Å²) in [6.07, 6.45) is 1.22. The van der Waals surface area contributed by atoms with Gasteiger partial charge in [0, 0.05) is 17.7 Å². The molecule has 114 valence electrons. The Bertz CT molecular complexity index is 791. The van der Waals surface area contributed by atoms with Crippen LogP contribution in [0.15, 0.2) is 34.2 Å². The summed E-state index contributed by atoms with van der Waals surface area (Å²) in [5.74, 6) is -0.854. The third kappa shape index (κ3) is 3.23. The van der Waals surface area contributed by atoms with Gasteiger partial charge in [0.05, 0.1) is 17.7 Å². The van der Waals surface area contributed by atoms with E-state index in [1.54, 1.807) is 13.0 Å². The number of H-pyrrole nitrogens is 1. The lowest BCUT2D eigenvalue weighted by Gasteiger charge is -1.94. The number of carbonyl (C=O) groups excluding carboxylic acids is 1. The molecule has 10 heteroatoms. The number of esters is 1. The lowest BCUT2D eigenvalue weighted by atomic mass is 10.2. The van der Waals surface area contributed by atoms with Crippen LogP contribution in [0.3, 0.4) is 0 Å². The molecule has 10 nitrogen and oxygen atoms in total. The van der Waals surface area contributed by atoms with Crippen molar-refractivity contribution in [3.63, 3.8) is 0 Å². The average Bonchev–Trinajstić information content (AvgIpc) is 2.87. The second-order valence-corrected chi connectivity index (χ2v) is 3.99. The van der Waals surface area contributed by atoms with Crippen molar-refractivity contribution >= 4 is 17.9 Å². The number of aromatic amines is 1. The molecule has 2 rings (SSSR count). The fourth-order valence-electron chi connectivity index (χ4n) is 1.54. The minimum Gasteiger partial charge on any atom is -0.461 e. The van der Waals surface area contributed by atoms with Crippen molar-refractivity contribution in [3.05, 3.63) is 56.0 Å². The second kappa shape index (κ2) is 6.43. The van der Waals surface area contributed by atoms with Crippen LogP contribution in [0.25, 0.3) is 0 Å². The number of nitro groups is 1. The SMILES string of the molecule is CCOC(=O)c1n[nH]n(/N=C/c2cccc([N+](=O)[O-])c2)c1=O. The number of ether oxygens (including phenoxy) is 1. The van der Waals surface area contributed by atoms with Gasteiger partial charge in [-0.3, -0.25) is 14.9 Å². The minimum atomic E-state index is -0.854. The first kappa shape index (κ1) is 15.1. The molecule has 1 N–H and O–H groups in total. The zero-order valence-electron chi connectivity index (χ0n) is 11.4. The van der Waals surface area contributed by atoms with Gasteiger partial charge in [0.1, 0.15) is 0 Å². The highest BCUT2D eigenvalue weighted by atomic mass is 16.6. The molecule has 0 atom stereocenters. The van der Waals surface area contributed by atoms with Crippen LogP contribution in [-0.4, -0.2) is 38.8 Å². The highest BCUT2D eigenvalue weighted by molar-refractivity contribution is 5.86. The average molecular weight is 305 g/mol. The first-order chi connectivity index (χ1) is 10.5. The standard InChI is InChI=1S/C12H11N5O5/c1-2-22-12(19)10-11(18)16(15-14-10)13-7-8-4-3-5-9(6-8)17(20)21/h3-7,15H,2H2,1H3/b13-7+. The van der Waals surface area contributed by atoms with Crippen molar-refractivity contribution in [2.75, 3.05) is 6.61 Å². The lowest BCUT2D eigenvalue weighted by Crippen LogP contribution is -2.20. The summed E-state index contributed by atoms with van der Waals surface area (Å²) in [5, 5.41) is 20.2. The highest BCUT2D eigenvalue weighted by Crippen LogP contribution is 2.11. The Balaban J connectivity index is 2.24. The Morgan fingerprint density at radius 2 is 2.36 bits per heavy atom. The van der Waals surface area contributed by atoms with Gasteiger partial charge in [-0.05, 0) is 6.92 Å². The molecule has 0 spiro atoms. The predicted octanol–water partition coefficient (Wildman–Crippen LogP) is 0.538. The molecule has 0 saturated heterocycles. The van der Waals surface area contributed by atoms with Crippen LogP contribution in [0.5, 0.6) is 0 Å². The number of nitrogens with zero attached hydrogens (tertiary/aromatic N) is 4. The van der Waals surface area contributed by atoms with Gasteiger partial charge in [-0.2, -0.15) is 10.3 Å². The Morgan fingerprint density at radius 1 is 1.59 bits per heavy atom. The fourth-order valence-corrected chi connectivity index (χ4v) is 1.54. The topological polar surface area (TPSA) is 132 Å². The smallest absolute Gasteiger partial charge is 0.364 e. The van der Waals surface area contributed by atoms with E-state index in [2.05, 4.69) is 20.2 Å². The minimum absolute atomic E-state index is 0.104. The highest BCUT2D eigenvalue weighted by Gasteiger charge is 2.17. The van der Waals surface area contributed by atoms with E-state index in [1.165, 1.54) is 24.4 Å². The van der Waals surface area contributed by atoms with E-state index in [0.29, 0.717) is 5.56 Å². The largest absolute Gasteiger partial charge is 0.461 e.